The molecule has 3 rings (SSSR count). The monoisotopic (exact) mass is 290 g/mol. The molecule has 1 saturated heterocycles. The average molecular weight is 290 g/mol. The molecule has 2 aliphatic rings. The molecular formula is C18H27FN2. The van der Waals surface area contributed by atoms with Gasteiger partial charge in [-0.2, -0.15) is 0 Å². The molecule has 2 nitrogen and oxygen atoms in total. The molecule has 0 bridgehead atoms. The molecule has 1 heterocycles. The normalized spacial score (nSPS) is 22.7. The molecular weight excluding hydrogens is 263 g/mol. The predicted molar refractivity (Wildman–Crippen MR) is 86.2 cm³/mol. The first-order chi connectivity index (χ1) is 10.2. The van der Waals surface area contributed by atoms with Crippen molar-refractivity contribution in [3.8, 4) is 0 Å². The van der Waals surface area contributed by atoms with E-state index in [0.717, 1.165) is 24.3 Å². The number of nitrogens with one attached hydrogen (secondary N) is 1. The van der Waals surface area contributed by atoms with E-state index in [1.54, 1.807) is 6.07 Å². The summed E-state index contributed by atoms with van der Waals surface area (Å²) in [5.74, 6) is -0.0722. The highest BCUT2D eigenvalue weighted by atomic mass is 19.1. The van der Waals surface area contributed by atoms with Crippen LogP contribution in [-0.2, 0) is 0 Å². The summed E-state index contributed by atoms with van der Waals surface area (Å²) in [6.07, 6.45) is 8.02. The number of nitrogens with zero attached hydrogens (tertiary/aromatic N) is 1. The maximum absolute atomic E-state index is 14.4. The van der Waals surface area contributed by atoms with Crippen LogP contribution in [0.1, 0.15) is 57.1 Å². The summed E-state index contributed by atoms with van der Waals surface area (Å²) in [7, 11) is 1.93. The van der Waals surface area contributed by atoms with E-state index < -0.39 is 0 Å². The smallest absolute Gasteiger partial charge is 0.146 e. The molecule has 3 heteroatoms. The van der Waals surface area contributed by atoms with E-state index in [0.29, 0.717) is 5.41 Å². The van der Waals surface area contributed by atoms with Crippen LogP contribution in [-0.4, -0.2) is 20.1 Å². The maximum atomic E-state index is 14.4. The van der Waals surface area contributed by atoms with Crippen LogP contribution in [0, 0.1) is 11.2 Å². The fourth-order valence-electron chi connectivity index (χ4n) is 4.20. The van der Waals surface area contributed by atoms with Gasteiger partial charge in [0.25, 0.3) is 0 Å². The van der Waals surface area contributed by atoms with Gasteiger partial charge < -0.3 is 10.2 Å². The average Bonchev–Trinajstić information content (AvgIpc) is 2.96. The summed E-state index contributed by atoms with van der Waals surface area (Å²) in [6, 6.07) is 5.66. The summed E-state index contributed by atoms with van der Waals surface area (Å²) in [5, 5.41) is 3.24. The van der Waals surface area contributed by atoms with Gasteiger partial charge in [-0.3, -0.25) is 0 Å². The Bertz CT molecular complexity index is 484. The number of rotatable bonds is 3. The second-order valence-corrected chi connectivity index (χ2v) is 6.88. The van der Waals surface area contributed by atoms with Crippen molar-refractivity contribution < 1.29 is 4.39 Å². The number of hydrogen-bond donors (Lipinski definition) is 1. The van der Waals surface area contributed by atoms with E-state index >= 15 is 0 Å². The molecule has 0 amide bonds. The highest BCUT2D eigenvalue weighted by Gasteiger charge is 2.37. The zero-order valence-electron chi connectivity index (χ0n) is 13.3. The minimum absolute atomic E-state index is 0.0722. The van der Waals surface area contributed by atoms with Gasteiger partial charge >= 0.3 is 0 Å². The van der Waals surface area contributed by atoms with Crippen molar-refractivity contribution in [1.29, 1.82) is 0 Å². The molecule has 1 unspecified atom stereocenters. The van der Waals surface area contributed by atoms with E-state index in [2.05, 4.69) is 23.2 Å². The van der Waals surface area contributed by atoms with Crippen LogP contribution in [0.25, 0.3) is 0 Å². The van der Waals surface area contributed by atoms with Crippen molar-refractivity contribution in [2.75, 3.05) is 25.0 Å². The number of para-hydroxylation sites is 1. The molecule has 1 saturated carbocycles. The molecule has 0 radical (unpaired) electrons. The van der Waals surface area contributed by atoms with E-state index in [-0.39, 0.29) is 11.9 Å². The summed E-state index contributed by atoms with van der Waals surface area (Å²) in [4.78, 5) is 2.28. The fraction of sp³-hybridized carbons (Fsp3) is 0.667. The predicted octanol–water partition coefficient (Wildman–Crippen LogP) is 4.27. The third-order valence-electron chi connectivity index (χ3n) is 5.72. The third kappa shape index (κ3) is 2.80. The van der Waals surface area contributed by atoms with Gasteiger partial charge in [0.1, 0.15) is 5.82 Å². The van der Waals surface area contributed by atoms with Crippen LogP contribution in [0.4, 0.5) is 10.1 Å². The molecule has 2 fully saturated rings. The van der Waals surface area contributed by atoms with Gasteiger partial charge in [0, 0.05) is 19.1 Å². The number of anilines is 1. The van der Waals surface area contributed by atoms with Crippen molar-refractivity contribution in [3.05, 3.63) is 29.6 Å². The number of benzene rings is 1. The highest BCUT2D eigenvalue weighted by molar-refractivity contribution is 5.56. The third-order valence-corrected chi connectivity index (χ3v) is 5.72. The van der Waals surface area contributed by atoms with Gasteiger partial charge in [-0.25, -0.2) is 4.39 Å². The maximum Gasteiger partial charge on any atom is 0.146 e. The first-order valence-electron chi connectivity index (χ1n) is 8.36. The van der Waals surface area contributed by atoms with Crippen molar-refractivity contribution in [2.45, 2.75) is 51.5 Å². The Morgan fingerprint density at radius 2 is 1.81 bits per heavy atom. The summed E-state index contributed by atoms with van der Waals surface area (Å²) in [5.41, 5.74) is 2.49. The molecule has 21 heavy (non-hydrogen) atoms. The van der Waals surface area contributed by atoms with E-state index in [4.69, 9.17) is 0 Å². The molecule has 0 aromatic heterocycles. The van der Waals surface area contributed by atoms with Crippen molar-refractivity contribution in [3.63, 3.8) is 0 Å². The lowest BCUT2D eigenvalue weighted by Crippen LogP contribution is -2.40. The van der Waals surface area contributed by atoms with E-state index in [1.165, 1.54) is 38.5 Å². The van der Waals surface area contributed by atoms with Crippen LogP contribution < -0.4 is 10.2 Å². The van der Waals surface area contributed by atoms with Crippen molar-refractivity contribution in [1.82, 2.24) is 5.32 Å². The lowest BCUT2D eigenvalue weighted by molar-refractivity contribution is 0.226. The Labute approximate surface area is 127 Å². The van der Waals surface area contributed by atoms with Gasteiger partial charge in [0.15, 0.2) is 0 Å². The van der Waals surface area contributed by atoms with Crippen molar-refractivity contribution >= 4 is 5.69 Å². The second kappa shape index (κ2) is 5.96. The summed E-state index contributed by atoms with van der Waals surface area (Å²) < 4.78 is 14.4. The zero-order valence-corrected chi connectivity index (χ0v) is 13.3. The topological polar surface area (TPSA) is 15.3 Å². The minimum atomic E-state index is -0.0722. The standard InChI is InChI=1S/C18H27FN2/c1-14(20-2)15-6-5-7-16(19)17(15)21-12-10-18(11-13-21)8-3-4-9-18/h5-7,14,20H,3-4,8-13H2,1-2H3. The zero-order chi connectivity index (χ0) is 14.9. The quantitative estimate of drug-likeness (QED) is 0.894. The lowest BCUT2D eigenvalue weighted by Gasteiger charge is -2.41. The van der Waals surface area contributed by atoms with Crippen LogP contribution >= 0.6 is 0 Å². The number of piperidine rings is 1. The summed E-state index contributed by atoms with van der Waals surface area (Å²) >= 11 is 0. The Morgan fingerprint density at radius 3 is 2.43 bits per heavy atom. The molecule has 1 aliphatic carbocycles. The molecule has 1 atom stereocenters. The van der Waals surface area contributed by atoms with Crippen molar-refractivity contribution in [2.24, 2.45) is 5.41 Å². The SMILES string of the molecule is CNC(C)c1cccc(F)c1N1CCC2(CCCC2)CC1. The van der Waals surface area contributed by atoms with Crippen LogP contribution in [0.5, 0.6) is 0 Å². The fourth-order valence-corrected chi connectivity index (χ4v) is 4.20. The first-order valence-corrected chi connectivity index (χ1v) is 8.36. The van der Waals surface area contributed by atoms with E-state index in [1.807, 2.05) is 13.1 Å². The number of hydrogen-bond acceptors (Lipinski definition) is 2. The molecule has 1 N–H and O–H groups in total. The van der Waals surface area contributed by atoms with Gasteiger partial charge in [0.2, 0.25) is 0 Å². The first kappa shape index (κ1) is 14.8. The molecule has 1 aromatic carbocycles. The molecule has 1 aliphatic heterocycles. The highest BCUT2D eigenvalue weighted by Crippen LogP contribution is 2.47. The Morgan fingerprint density at radius 1 is 1.14 bits per heavy atom. The minimum Gasteiger partial charge on any atom is -0.369 e. The van der Waals surface area contributed by atoms with Gasteiger partial charge in [0.05, 0.1) is 5.69 Å². The Hall–Kier alpha value is -1.09. The Balaban J connectivity index is 1.81. The molecule has 116 valence electrons. The second-order valence-electron chi connectivity index (χ2n) is 6.88. The van der Waals surface area contributed by atoms with E-state index in [9.17, 15) is 4.39 Å². The van der Waals surface area contributed by atoms with Crippen LogP contribution in [0.15, 0.2) is 18.2 Å². The van der Waals surface area contributed by atoms with Gasteiger partial charge in [-0.1, -0.05) is 25.0 Å². The summed E-state index contributed by atoms with van der Waals surface area (Å²) in [6.45, 7) is 4.11. The van der Waals surface area contributed by atoms with Crippen LogP contribution in [0.2, 0.25) is 0 Å². The largest absolute Gasteiger partial charge is 0.369 e. The number of halogens is 1. The molecule has 1 aromatic rings. The lowest BCUT2D eigenvalue weighted by atomic mass is 9.77. The molecule has 1 spiro atoms. The Kier molecular flexibility index (Phi) is 4.21. The van der Waals surface area contributed by atoms with Crippen LogP contribution in [0.3, 0.4) is 0 Å². The van der Waals surface area contributed by atoms with Gasteiger partial charge in [-0.15, -0.1) is 0 Å². The van der Waals surface area contributed by atoms with Gasteiger partial charge in [-0.05, 0) is 56.7 Å².